The van der Waals surface area contributed by atoms with E-state index in [0.717, 1.165) is 11.1 Å². The predicted octanol–water partition coefficient (Wildman–Crippen LogP) is 2.86. The van der Waals surface area contributed by atoms with Crippen LogP contribution in [0.4, 0.5) is 0 Å². The molecule has 0 aliphatic heterocycles. The van der Waals surface area contributed by atoms with Crippen molar-refractivity contribution in [1.82, 2.24) is 10.2 Å². The zero-order chi connectivity index (χ0) is 25.8. The van der Waals surface area contributed by atoms with Crippen LogP contribution in [-0.4, -0.2) is 54.7 Å². The number of benzene rings is 2. The predicted molar refractivity (Wildman–Crippen MR) is 136 cm³/mol. The Morgan fingerprint density at radius 2 is 1.60 bits per heavy atom. The van der Waals surface area contributed by atoms with Gasteiger partial charge in [-0.05, 0) is 42.0 Å². The van der Waals surface area contributed by atoms with Crippen molar-refractivity contribution in [1.29, 1.82) is 0 Å². The van der Waals surface area contributed by atoms with E-state index in [1.807, 2.05) is 56.3 Å². The lowest BCUT2D eigenvalue weighted by atomic mass is 10.0. The van der Waals surface area contributed by atoms with Crippen molar-refractivity contribution in [2.75, 3.05) is 20.8 Å². The van der Waals surface area contributed by atoms with Gasteiger partial charge in [0.1, 0.15) is 11.5 Å². The van der Waals surface area contributed by atoms with Gasteiger partial charge in [-0.25, -0.2) is 0 Å². The summed E-state index contributed by atoms with van der Waals surface area (Å²) in [6.45, 7) is 4.57. The summed E-state index contributed by atoms with van der Waals surface area (Å²) >= 11 is 0. The minimum atomic E-state index is -0.657. The number of carbonyl (C=O) groups is 2. The molecule has 1 unspecified atom stereocenters. The fraction of sp³-hybridized carbons (Fsp3) is 0.481. The number of nitrogens with one attached hydrogen (secondary N) is 1. The maximum atomic E-state index is 13.5. The van der Waals surface area contributed by atoms with Gasteiger partial charge < -0.3 is 30.5 Å². The highest BCUT2D eigenvalue weighted by atomic mass is 16.5. The van der Waals surface area contributed by atoms with E-state index in [9.17, 15) is 14.7 Å². The van der Waals surface area contributed by atoms with Crippen LogP contribution in [0.25, 0.3) is 0 Å². The van der Waals surface area contributed by atoms with Crippen LogP contribution in [0.3, 0.4) is 0 Å². The molecule has 0 bridgehead atoms. The van der Waals surface area contributed by atoms with Crippen LogP contribution in [0.2, 0.25) is 0 Å². The minimum Gasteiger partial charge on any atom is -0.497 e. The minimum absolute atomic E-state index is 0.0502. The first-order valence-electron chi connectivity index (χ1n) is 12.0. The van der Waals surface area contributed by atoms with Crippen LogP contribution in [0, 0.1) is 5.92 Å². The number of ether oxygens (including phenoxy) is 2. The molecule has 2 atom stereocenters. The number of carbonyl (C=O) groups excluding carboxylic acids is 2. The summed E-state index contributed by atoms with van der Waals surface area (Å²) < 4.78 is 10.8. The molecule has 0 radical (unpaired) electrons. The van der Waals surface area contributed by atoms with Crippen LogP contribution >= 0.6 is 0 Å². The van der Waals surface area contributed by atoms with Crippen LogP contribution < -0.4 is 20.5 Å². The molecule has 4 N–H and O–H groups in total. The van der Waals surface area contributed by atoms with Gasteiger partial charge in [0.2, 0.25) is 11.8 Å². The summed E-state index contributed by atoms with van der Waals surface area (Å²) in [6.07, 6.45) is 0.857. The first-order chi connectivity index (χ1) is 16.7. The highest BCUT2D eigenvalue weighted by Gasteiger charge is 2.24. The van der Waals surface area contributed by atoms with Crippen molar-refractivity contribution in [3.63, 3.8) is 0 Å². The molecule has 8 nitrogen and oxygen atoms in total. The van der Waals surface area contributed by atoms with Gasteiger partial charge in [-0.2, -0.15) is 0 Å². The summed E-state index contributed by atoms with van der Waals surface area (Å²) in [5.74, 6) is 1.09. The van der Waals surface area contributed by atoms with Crippen LogP contribution in [0.1, 0.15) is 44.2 Å². The van der Waals surface area contributed by atoms with E-state index >= 15 is 0 Å². The van der Waals surface area contributed by atoms with E-state index in [1.54, 1.807) is 25.2 Å². The largest absolute Gasteiger partial charge is 0.497 e. The number of amides is 2. The lowest BCUT2D eigenvalue weighted by Gasteiger charge is -2.27. The number of hydrogen-bond donors (Lipinski definition) is 3. The average Bonchev–Trinajstić information content (AvgIpc) is 2.83. The Labute approximate surface area is 208 Å². The van der Waals surface area contributed by atoms with Crippen molar-refractivity contribution in [2.45, 2.75) is 58.3 Å². The summed E-state index contributed by atoms with van der Waals surface area (Å²) in [4.78, 5) is 27.8. The zero-order valence-electron chi connectivity index (χ0n) is 21.2. The lowest BCUT2D eigenvalue weighted by Crippen LogP contribution is -2.48. The molecule has 2 aromatic rings. The molecule has 8 heteroatoms. The third kappa shape index (κ3) is 9.58. The monoisotopic (exact) mass is 485 g/mol. The van der Waals surface area contributed by atoms with E-state index in [-0.39, 0.29) is 37.2 Å². The molecule has 35 heavy (non-hydrogen) atoms. The summed E-state index contributed by atoms with van der Waals surface area (Å²) in [5.41, 5.74) is 7.86. The molecular formula is C27H39N3O5. The molecule has 0 saturated heterocycles. The highest BCUT2D eigenvalue weighted by Crippen LogP contribution is 2.24. The van der Waals surface area contributed by atoms with Gasteiger partial charge >= 0.3 is 0 Å². The molecule has 0 aliphatic carbocycles. The maximum Gasteiger partial charge on any atom is 0.237 e. The second-order valence-electron chi connectivity index (χ2n) is 9.11. The van der Waals surface area contributed by atoms with Crippen LogP contribution in [0.15, 0.2) is 48.5 Å². The average molecular weight is 486 g/mol. The van der Waals surface area contributed by atoms with E-state index in [2.05, 4.69) is 5.32 Å². The van der Waals surface area contributed by atoms with E-state index in [4.69, 9.17) is 15.2 Å². The third-order valence-corrected chi connectivity index (χ3v) is 5.66. The number of hydrogen-bond acceptors (Lipinski definition) is 6. The second-order valence-corrected chi connectivity index (χ2v) is 9.11. The molecule has 0 saturated carbocycles. The number of aliphatic hydroxyl groups is 1. The van der Waals surface area contributed by atoms with Crippen molar-refractivity contribution in [3.05, 3.63) is 59.7 Å². The fourth-order valence-electron chi connectivity index (χ4n) is 3.86. The van der Waals surface area contributed by atoms with Crippen LogP contribution in [0.5, 0.6) is 11.5 Å². The first kappa shape index (κ1) is 28.1. The molecule has 2 aromatic carbocycles. The smallest absolute Gasteiger partial charge is 0.237 e. The fourth-order valence-corrected chi connectivity index (χ4v) is 3.86. The molecule has 192 valence electrons. The van der Waals surface area contributed by atoms with Crippen molar-refractivity contribution in [3.8, 4) is 11.5 Å². The molecule has 0 fully saturated rings. The van der Waals surface area contributed by atoms with E-state index in [1.165, 1.54) is 0 Å². The lowest BCUT2D eigenvalue weighted by molar-refractivity contribution is -0.133. The number of nitrogens with zero attached hydrogens (tertiary/aromatic N) is 1. The van der Waals surface area contributed by atoms with Crippen molar-refractivity contribution in [2.24, 2.45) is 11.7 Å². The van der Waals surface area contributed by atoms with E-state index in [0.29, 0.717) is 31.0 Å². The summed E-state index contributed by atoms with van der Waals surface area (Å²) in [7, 11) is 3.16. The SMILES string of the molecule is COc1cc(CN(Cc2ccccc2)C(=O)CC(CCO)NC(=O)[C@@H](N)CC(C)C)cc(OC)c1. The Hall–Kier alpha value is -3.10. The van der Waals surface area contributed by atoms with Gasteiger partial charge in [-0.3, -0.25) is 9.59 Å². The Morgan fingerprint density at radius 3 is 2.14 bits per heavy atom. The molecule has 2 amide bonds. The number of methoxy groups -OCH3 is 2. The summed E-state index contributed by atoms with van der Waals surface area (Å²) in [5, 5.41) is 12.4. The third-order valence-electron chi connectivity index (χ3n) is 5.66. The quantitative estimate of drug-likeness (QED) is 0.379. The van der Waals surface area contributed by atoms with Crippen molar-refractivity contribution < 1.29 is 24.2 Å². The molecule has 0 aliphatic rings. The molecule has 2 rings (SSSR count). The maximum absolute atomic E-state index is 13.5. The Morgan fingerprint density at radius 1 is 1.00 bits per heavy atom. The Bertz CT molecular complexity index is 913. The molecule has 0 heterocycles. The normalized spacial score (nSPS) is 12.7. The second kappa shape index (κ2) is 14.3. The number of rotatable bonds is 14. The van der Waals surface area contributed by atoms with Gasteiger partial charge in [0.05, 0.1) is 20.3 Å². The molecule has 0 aromatic heterocycles. The number of aliphatic hydroxyl groups excluding tert-OH is 1. The van der Waals surface area contributed by atoms with Gasteiger partial charge in [-0.15, -0.1) is 0 Å². The van der Waals surface area contributed by atoms with Crippen molar-refractivity contribution >= 4 is 11.8 Å². The van der Waals surface area contributed by atoms with Gasteiger partial charge in [0, 0.05) is 38.2 Å². The molecular weight excluding hydrogens is 446 g/mol. The van der Waals surface area contributed by atoms with E-state index < -0.39 is 12.1 Å². The number of nitrogens with two attached hydrogens (primary N) is 1. The van der Waals surface area contributed by atoms with Gasteiger partial charge in [-0.1, -0.05) is 44.2 Å². The topological polar surface area (TPSA) is 114 Å². The summed E-state index contributed by atoms with van der Waals surface area (Å²) in [6, 6.07) is 14.0. The highest BCUT2D eigenvalue weighted by molar-refractivity contribution is 5.83. The Kier molecular flexibility index (Phi) is 11.5. The molecule has 0 spiro atoms. The van der Waals surface area contributed by atoms with Gasteiger partial charge in [0.25, 0.3) is 0 Å². The Balaban J connectivity index is 2.22. The van der Waals surface area contributed by atoms with Crippen LogP contribution in [-0.2, 0) is 22.7 Å². The first-order valence-corrected chi connectivity index (χ1v) is 12.0. The standard InChI is InChI=1S/C27H39N3O5/c1-19(2)12-25(28)27(33)29-22(10-11-31)15-26(32)30(17-20-8-6-5-7-9-20)18-21-13-23(34-3)16-24(14-21)35-4/h5-9,13-14,16,19,22,25,31H,10-12,15,17-18,28H2,1-4H3,(H,29,33)/t22?,25-/m0/s1. The van der Waals surface area contributed by atoms with Gasteiger partial charge in [0.15, 0.2) is 0 Å². The zero-order valence-corrected chi connectivity index (χ0v) is 21.2.